The van der Waals surface area contributed by atoms with Gasteiger partial charge in [-0.05, 0) is 36.4 Å². The van der Waals surface area contributed by atoms with E-state index in [1.807, 2.05) is 6.07 Å². The molecular weight excluding hydrogens is 309 g/mol. The highest BCUT2D eigenvalue weighted by Gasteiger charge is 2.05. The molecule has 0 radical (unpaired) electrons. The molecule has 0 aliphatic rings. The number of hydrogen-bond donors (Lipinski definition) is 1. The smallest absolute Gasteiger partial charge is 0.267 e. The van der Waals surface area contributed by atoms with Crippen LogP contribution in [0.1, 0.15) is 21.5 Å². The van der Waals surface area contributed by atoms with Gasteiger partial charge in [0.2, 0.25) is 0 Å². The summed E-state index contributed by atoms with van der Waals surface area (Å²) in [4.78, 5) is 11.8. The summed E-state index contributed by atoms with van der Waals surface area (Å²) in [6, 6.07) is 13.3. The predicted molar refractivity (Wildman–Crippen MR) is 82.7 cm³/mol. The van der Waals surface area contributed by atoms with Crippen molar-refractivity contribution in [3.8, 4) is 6.07 Å². The minimum atomic E-state index is -0.390. The Kier molecular flexibility index (Phi) is 4.94. The number of benzene rings is 2. The molecule has 1 amide bonds. The molecule has 0 heterocycles. The van der Waals surface area contributed by atoms with Gasteiger partial charge < -0.3 is 0 Å². The zero-order valence-corrected chi connectivity index (χ0v) is 12.2. The molecule has 2 aromatic rings. The van der Waals surface area contributed by atoms with Gasteiger partial charge in [0.15, 0.2) is 0 Å². The monoisotopic (exact) mass is 317 g/mol. The molecule has 0 saturated carbocycles. The topological polar surface area (TPSA) is 65.2 Å². The molecule has 1 N–H and O–H groups in total. The summed E-state index contributed by atoms with van der Waals surface area (Å²) in [5.41, 5.74) is 3.78. The fourth-order valence-corrected chi connectivity index (χ4v) is 2.05. The van der Waals surface area contributed by atoms with Crippen LogP contribution in [0.5, 0.6) is 0 Å². The molecule has 0 spiro atoms. The van der Waals surface area contributed by atoms with Crippen molar-refractivity contribution in [2.75, 3.05) is 0 Å². The van der Waals surface area contributed by atoms with Crippen molar-refractivity contribution in [1.29, 1.82) is 5.26 Å². The highest BCUT2D eigenvalue weighted by molar-refractivity contribution is 6.38. The first-order chi connectivity index (χ1) is 10.1. The lowest BCUT2D eigenvalue weighted by molar-refractivity contribution is 0.0955. The number of hydrazone groups is 1. The van der Waals surface area contributed by atoms with Gasteiger partial charge in [-0.15, -0.1) is 0 Å². The van der Waals surface area contributed by atoms with Crippen molar-refractivity contribution < 1.29 is 4.79 Å². The number of rotatable bonds is 3. The molecule has 6 heteroatoms. The summed E-state index contributed by atoms with van der Waals surface area (Å²) in [6.07, 6.45) is 1.38. The van der Waals surface area contributed by atoms with E-state index >= 15 is 0 Å². The van der Waals surface area contributed by atoms with Crippen molar-refractivity contribution in [3.05, 3.63) is 69.2 Å². The van der Waals surface area contributed by atoms with Gasteiger partial charge in [-0.3, -0.25) is 4.79 Å². The summed E-state index contributed by atoms with van der Waals surface area (Å²) in [6.45, 7) is 0. The van der Waals surface area contributed by atoms with Gasteiger partial charge >= 0.3 is 0 Å². The number of carbonyl (C=O) groups is 1. The lowest BCUT2D eigenvalue weighted by Crippen LogP contribution is -2.17. The van der Waals surface area contributed by atoms with Gasteiger partial charge in [-0.1, -0.05) is 29.3 Å². The molecule has 0 atom stereocenters. The number of hydrogen-bond acceptors (Lipinski definition) is 3. The number of carbonyl (C=O) groups excluding carboxylic acids is 1. The van der Waals surface area contributed by atoms with E-state index in [9.17, 15) is 4.79 Å². The Labute approximate surface area is 131 Å². The molecule has 2 rings (SSSR count). The first-order valence-electron chi connectivity index (χ1n) is 5.89. The van der Waals surface area contributed by atoms with Crippen LogP contribution in [0, 0.1) is 11.3 Å². The molecule has 0 aliphatic heterocycles. The van der Waals surface area contributed by atoms with Gasteiger partial charge in [0.1, 0.15) is 0 Å². The zero-order chi connectivity index (χ0) is 15.2. The molecule has 21 heavy (non-hydrogen) atoms. The van der Waals surface area contributed by atoms with Crippen LogP contribution in [-0.4, -0.2) is 12.1 Å². The van der Waals surface area contributed by atoms with E-state index in [1.54, 1.807) is 42.5 Å². The van der Waals surface area contributed by atoms with Gasteiger partial charge in [0.05, 0.1) is 27.9 Å². The predicted octanol–water partition coefficient (Wildman–Crippen LogP) is 3.63. The number of nitriles is 1. The van der Waals surface area contributed by atoms with Gasteiger partial charge in [0.25, 0.3) is 5.91 Å². The van der Waals surface area contributed by atoms with Gasteiger partial charge in [0, 0.05) is 11.1 Å². The lowest BCUT2D eigenvalue weighted by atomic mass is 10.1. The molecule has 2 aromatic carbocycles. The zero-order valence-electron chi connectivity index (χ0n) is 10.7. The van der Waals surface area contributed by atoms with Crippen LogP contribution in [0.2, 0.25) is 10.0 Å². The van der Waals surface area contributed by atoms with Gasteiger partial charge in [-0.2, -0.15) is 10.4 Å². The minimum Gasteiger partial charge on any atom is -0.267 e. The second-order valence-electron chi connectivity index (χ2n) is 4.02. The third-order valence-corrected chi connectivity index (χ3v) is 3.29. The Balaban J connectivity index is 2.07. The average Bonchev–Trinajstić information content (AvgIpc) is 2.50. The van der Waals surface area contributed by atoms with E-state index in [2.05, 4.69) is 10.5 Å². The summed E-state index contributed by atoms with van der Waals surface area (Å²) in [5.74, 6) is -0.390. The highest BCUT2D eigenvalue weighted by Crippen LogP contribution is 2.21. The van der Waals surface area contributed by atoms with Crippen molar-refractivity contribution in [1.82, 2.24) is 5.43 Å². The largest absolute Gasteiger partial charge is 0.271 e. The van der Waals surface area contributed by atoms with Crippen LogP contribution in [-0.2, 0) is 0 Å². The van der Waals surface area contributed by atoms with Crippen molar-refractivity contribution in [3.63, 3.8) is 0 Å². The van der Waals surface area contributed by atoms with E-state index in [4.69, 9.17) is 28.5 Å². The maximum Gasteiger partial charge on any atom is 0.271 e. The molecule has 0 aromatic heterocycles. The molecule has 0 fully saturated rings. The molecular formula is C15H9Cl2N3O. The maximum absolute atomic E-state index is 11.8. The van der Waals surface area contributed by atoms with E-state index in [1.165, 1.54) is 6.21 Å². The lowest BCUT2D eigenvalue weighted by Gasteiger charge is -2.02. The third-order valence-electron chi connectivity index (χ3n) is 2.64. The maximum atomic E-state index is 11.8. The second kappa shape index (κ2) is 6.89. The van der Waals surface area contributed by atoms with Gasteiger partial charge in [-0.25, -0.2) is 5.43 Å². The van der Waals surface area contributed by atoms with Crippen LogP contribution in [0.4, 0.5) is 0 Å². The number of nitrogens with zero attached hydrogens (tertiary/aromatic N) is 2. The fraction of sp³-hybridized carbons (Fsp3) is 0. The van der Waals surface area contributed by atoms with Crippen LogP contribution in [0.3, 0.4) is 0 Å². The van der Waals surface area contributed by atoms with E-state index < -0.39 is 0 Å². The Bertz CT molecular complexity index is 713. The van der Waals surface area contributed by atoms with Crippen LogP contribution >= 0.6 is 23.2 Å². The number of nitrogens with one attached hydrogen (secondary N) is 1. The molecule has 104 valence electrons. The Hall–Kier alpha value is -2.35. The van der Waals surface area contributed by atoms with E-state index in [0.29, 0.717) is 26.7 Å². The van der Waals surface area contributed by atoms with Crippen molar-refractivity contribution in [2.24, 2.45) is 5.10 Å². The standard InChI is InChI=1S/C15H9Cl2N3O/c16-13-2-1-3-14(17)12(13)9-19-20-15(21)11-6-4-10(8-18)5-7-11/h1-7,9H,(H,20,21)/b19-9+. The first-order valence-corrected chi connectivity index (χ1v) is 6.65. The van der Waals surface area contributed by atoms with Crippen molar-refractivity contribution >= 4 is 35.3 Å². The Morgan fingerprint density at radius 2 is 1.76 bits per heavy atom. The Morgan fingerprint density at radius 1 is 1.14 bits per heavy atom. The van der Waals surface area contributed by atoms with Crippen LogP contribution < -0.4 is 5.43 Å². The quantitative estimate of drug-likeness (QED) is 0.694. The summed E-state index contributed by atoms with van der Waals surface area (Å²) < 4.78 is 0. The molecule has 0 aliphatic carbocycles. The second-order valence-corrected chi connectivity index (χ2v) is 4.84. The SMILES string of the molecule is N#Cc1ccc(C(=O)N/N=C/c2c(Cl)cccc2Cl)cc1. The minimum absolute atomic E-state index is 0.390. The van der Waals surface area contributed by atoms with E-state index in [0.717, 1.165) is 0 Å². The third kappa shape index (κ3) is 3.82. The Morgan fingerprint density at radius 3 is 2.33 bits per heavy atom. The molecule has 0 unspecified atom stereocenters. The van der Waals surface area contributed by atoms with E-state index in [-0.39, 0.29) is 5.91 Å². The summed E-state index contributed by atoms with van der Waals surface area (Å²) in [7, 11) is 0. The summed E-state index contributed by atoms with van der Waals surface area (Å²) >= 11 is 12.0. The molecule has 0 saturated heterocycles. The fourth-order valence-electron chi connectivity index (χ4n) is 1.55. The van der Waals surface area contributed by atoms with Crippen molar-refractivity contribution in [2.45, 2.75) is 0 Å². The normalized spacial score (nSPS) is 10.3. The highest BCUT2D eigenvalue weighted by atomic mass is 35.5. The number of amides is 1. The average molecular weight is 318 g/mol. The van der Waals surface area contributed by atoms with Crippen LogP contribution in [0.25, 0.3) is 0 Å². The molecule has 0 bridgehead atoms. The molecule has 4 nitrogen and oxygen atoms in total. The number of halogens is 2. The van der Waals surface area contributed by atoms with Crippen LogP contribution in [0.15, 0.2) is 47.6 Å². The summed E-state index contributed by atoms with van der Waals surface area (Å²) in [5, 5.41) is 13.4. The first kappa shape index (κ1) is 15.0.